The third-order valence-electron chi connectivity index (χ3n) is 16.3. The van der Waals surface area contributed by atoms with Crippen LogP contribution in [0, 0.1) is 10.1 Å². The number of nitrogen functional groups attached to an aromatic ring is 2. The van der Waals surface area contributed by atoms with Crippen molar-refractivity contribution in [1.29, 1.82) is 0 Å². The van der Waals surface area contributed by atoms with Gasteiger partial charge in [0, 0.05) is 65.9 Å². The molecule has 4 aromatic heterocycles. The monoisotopic (exact) mass is 1470 g/mol. The number of fused-ring (bicyclic) bond motifs is 1. The number of aromatic amines is 1. The number of nitrogens with one attached hydrogen (secondary N) is 7. The fraction of sp³-hybridized carbons (Fsp3) is 0.190. The number of carbonyl (C=O) groups excluding carboxylic acids is 4. The van der Waals surface area contributed by atoms with Gasteiger partial charge in [0.05, 0.1) is 21.8 Å². The van der Waals surface area contributed by atoms with Crippen LogP contribution in [0.3, 0.4) is 0 Å². The second kappa shape index (κ2) is 41.6. The van der Waals surface area contributed by atoms with Gasteiger partial charge in [0.1, 0.15) is 26.4 Å². The number of anilines is 6. The number of aromatic nitrogens is 5. The number of amides is 4. The standard InChI is InChI=1S/C23H22N4O3.C22H22N4O4.C22H24N4O2.C17H20N2O2/c1-16(25-23(29)30-15-18-6-3-2-4-7-18)14-17-9-11-19(12-10-17)27-21-20(26-22(27)28)8-5-13-24-21;1-16(24-22(27)30-15-18-6-3-2-4-7-18)14-17-9-11-19(12-10-17)25-21-20(26(28)29)8-5-13-23-21;1-16(25-22(27)28-15-18-6-3-2-4-7-18)14-17-9-11-19(12-10-17)26-21-20(23)8-5-13-24-21;1-13(11-14-7-9-16(18)10-8-14)19-17(20)21-12-15-5-3-2-4-6-15/h2-13,16H,14-15H2,1H3,(H,25,29)(H,26,28);2-13,16H,14-15H2,1H3,(H,23,25)(H,24,27);2-13,16H,14-15,23H2,1H3,(H,24,26)(H,25,27);2-10,13H,11-12,18H2,1H3,(H,19,20)/t3*16-;13-/m1111/s1. The molecule has 4 atom stereocenters. The largest absolute Gasteiger partial charge is 0.445 e. The fourth-order valence-corrected chi connectivity index (χ4v) is 11.0. The van der Waals surface area contributed by atoms with Crippen molar-refractivity contribution in [3.63, 3.8) is 0 Å². The molecule has 4 heterocycles. The van der Waals surface area contributed by atoms with Crippen LogP contribution in [-0.4, -0.2) is 78.0 Å². The second-order valence-electron chi connectivity index (χ2n) is 25.5. The minimum atomic E-state index is -0.478. The summed E-state index contributed by atoms with van der Waals surface area (Å²) in [6, 6.07) is 78.7. The molecule has 0 aliphatic rings. The highest BCUT2D eigenvalue weighted by Gasteiger charge is 2.18. The quantitative estimate of drug-likeness (QED) is 0.0105. The van der Waals surface area contributed by atoms with E-state index in [1.54, 1.807) is 35.2 Å². The van der Waals surface area contributed by atoms with E-state index in [2.05, 4.69) is 51.8 Å². The van der Waals surface area contributed by atoms with Crippen LogP contribution in [0.15, 0.2) is 278 Å². The normalized spacial score (nSPS) is 11.6. The van der Waals surface area contributed by atoms with Crippen LogP contribution in [0.25, 0.3) is 16.9 Å². The van der Waals surface area contributed by atoms with E-state index >= 15 is 0 Å². The lowest BCUT2D eigenvalue weighted by Crippen LogP contribution is -2.34. The first-order valence-corrected chi connectivity index (χ1v) is 35.2. The zero-order valence-corrected chi connectivity index (χ0v) is 60.8. The number of pyridine rings is 3. The van der Waals surface area contributed by atoms with E-state index in [4.69, 9.17) is 30.4 Å². The van der Waals surface area contributed by atoms with Gasteiger partial charge in [-0.05, 0) is 177 Å². The molecule has 12 rings (SSSR count). The third-order valence-corrected chi connectivity index (χ3v) is 16.3. The molecule has 109 heavy (non-hydrogen) atoms. The Bertz CT molecular complexity index is 4870. The van der Waals surface area contributed by atoms with Crippen LogP contribution >= 0.6 is 0 Å². The maximum absolute atomic E-state index is 12.3. The number of H-pyrrole nitrogens is 1. The number of imidazole rings is 1. The Morgan fingerprint density at radius 1 is 0.413 bits per heavy atom. The number of hydrogen-bond donors (Lipinski definition) is 9. The molecule has 12 aromatic rings. The summed E-state index contributed by atoms with van der Waals surface area (Å²) < 4.78 is 22.5. The highest BCUT2D eigenvalue weighted by atomic mass is 16.6. The molecule has 0 aliphatic carbocycles. The maximum Gasteiger partial charge on any atom is 0.407 e. The third kappa shape index (κ3) is 27.3. The first-order valence-electron chi connectivity index (χ1n) is 35.2. The van der Waals surface area contributed by atoms with Crippen molar-refractivity contribution in [2.75, 3.05) is 22.1 Å². The Morgan fingerprint density at radius 3 is 1.12 bits per heavy atom. The molecular formula is C84H88N14O11. The van der Waals surface area contributed by atoms with E-state index in [9.17, 15) is 34.1 Å². The zero-order valence-electron chi connectivity index (χ0n) is 60.8. The van der Waals surface area contributed by atoms with Crippen molar-refractivity contribution in [3.05, 3.63) is 338 Å². The molecule has 0 unspecified atom stereocenters. The SMILES string of the molecule is C[C@H](Cc1ccc(-n2c(=O)[nH]c3cccnc32)cc1)NC(=O)OCc1ccccc1.C[C@H](Cc1ccc(N)cc1)NC(=O)OCc1ccccc1.C[C@H](Cc1ccc(Nc2ncccc2N)cc1)NC(=O)OCc1ccccc1.C[C@H](Cc1ccc(Nc2ncccc2[N+](=O)[O-])cc1)NC(=O)OCc1ccccc1. The lowest BCUT2D eigenvalue weighted by atomic mass is 10.1. The first-order chi connectivity index (χ1) is 52.8. The van der Waals surface area contributed by atoms with Crippen molar-refractivity contribution >= 4 is 75.6 Å². The minimum Gasteiger partial charge on any atom is -0.445 e. The molecule has 0 aliphatic heterocycles. The average molecular weight is 1470 g/mol. The summed E-state index contributed by atoms with van der Waals surface area (Å²) in [6.45, 7) is 8.71. The molecule has 25 heteroatoms. The highest BCUT2D eigenvalue weighted by Crippen LogP contribution is 2.26. The van der Waals surface area contributed by atoms with E-state index in [0.29, 0.717) is 47.6 Å². The van der Waals surface area contributed by atoms with Crippen LogP contribution < -0.4 is 49.1 Å². The van der Waals surface area contributed by atoms with E-state index in [-0.39, 0.29) is 67.8 Å². The molecular weight excluding hydrogens is 1380 g/mol. The number of ether oxygens (including phenoxy) is 4. The van der Waals surface area contributed by atoms with Crippen molar-refractivity contribution in [2.45, 2.75) is 104 Å². The first kappa shape index (κ1) is 79.3. The van der Waals surface area contributed by atoms with Gasteiger partial charge >= 0.3 is 35.8 Å². The Kier molecular flexibility index (Phi) is 30.3. The van der Waals surface area contributed by atoms with Gasteiger partial charge in [-0.25, -0.2) is 43.5 Å². The molecule has 8 aromatic carbocycles. The van der Waals surface area contributed by atoms with Gasteiger partial charge in [-0.1, -0.05) is 170 Å². The second-order valence-corrected chi connectivity index (χ2v) is 25.5. The highest BCUT2D eigenvalue weighted by molar-refractivity contribution is 5.73. The number of alkyl carbamates (subject to hydrolysis) is 4. The zero-order chi connectivity index (χ0) is 77.1. The fourth-order valence-electron chi connectivity index (χ4n) is 11.0. The van der Waals surface area contributed by atoms with E-state index in [0.717, 1.165) is 68.0 Å². The lowest BCUT2D eigenvalue weighted by molar-refractivity contribution is -0.384. The van der Waals surface area contributed by atoms with Crippen molar-refractivity contribution in [3.8, 4) is 5.69 Å². The number of hydrogen-bond acceptors (Lipinski definition) is 18. The molecule has 0 saturated heterocycles. The molecule has 4 amide bonds. The average Bonchev–Trinajstić information content (AvgIpc) is 1.64. The van der Waals surface area contributed by atoms with Gasteiger partial charge in [0.15, 0.2) is 11.5 Å². The summed E-state index contributed by atoms with van der Waals surface area (Å²) in [7, 11) is 0. The summed E-state index contributed by atoms with van der Waals surface area (Å²) in [5.41, 5.74) is 24.2. The van der Waals surface area contributed by atoms with E-state index < -0.39 is 29.3 Å². The molecule has 560 valence electrons. The maximum atomic E-state index is 12.3. The van der Waals surface area contributed by atoms with Crippen molar-refractivity contribution in [1.82, 2.24) is 45.8 Å². The molecule has 11 N–H and O–H groups in total. The van der Waals surface area contributed by atoms with Crippen LogP contribution in [0.5, 0.6) is 0 Å². The van der Waals surface area contributed by atoms with Gasteiger partial charge in [-0.3, -0.25) is 10.1 Å². The van der Waals surface area contributed by atoms with Gasteiger partial charge in [0.2, 0.25) is 5.82 Å². The summed E-state index contributed by atoms with van der Waals surface area (Å²) in [5.74, 6) is 0.817. The van der Waals surface area contributed by atoms with Gasteiger partial charge in [-0.15, -0.1) is 0 Å². The van der Waals surface area contributed by atoms with Crippen molar-refractivity contribution < 1.29 is 43.0 Å². The molecule has 0 spiro atoms. The number of rotatable bonds is 26. The minimum absolute atomic E-state index is 0.00287. The Morgan fingerprint density at radius 2 is 0.743 bits per heavy atom. The number of nitrogens with zero attached hydrogens (tertiary/aromatic N) is 5. The predicted octanol–water partition coefficient (Wildman–Crippen LogP) is 15.6. The Hall–Kier alpha value is -13.8. The van der Waals surface area contributed by atoms with Gasteiger partial charge < -0.3 is 67.3 Å². The van der Waals surface area contributed by atoms with Crippen molar-refractivity contribution in [2.24, 2.45) is 0 Å². The molecule has 25 nitrogen and oxygen atoms in total. The number of carbonyl (C=O) groups is 4. The molecule has 0 fully saturated rings. The van der Waals surface area contributed by atoms with Crippen LogP contribution in [-0.2, 0) is 71.1 Å². The summed E-state index contributed by atoms with van der Waals surface area (Å²) in [4.78, 5) is 85.9. The summed E-state index contributed by atoms with van der Waals surface area (Å²) >= 11 is 0. The van der Waals surface area contributed by atoms with E-state index in [1.165, 1.54) is 18.3 Å². The molecule has 0 saturated carbocycles. The predicted molar refractivity (Wildman–Crippen MR) is 423 cm³/mol. The molecule has 0 radical (unpaired) electrons. The number of nitrogens with two attached hydrogens (primary N) is 2. The van der Waals surface area contributed by atoms with E-state index in [1.807, 2.05) is 252 Å². The van der Waals surface area contributed by atoms with Crippen LogP contribution in [0.1, 0.15) is 72.2 Å². The Labute approximate surface area is 631 Å². The van der Waals surface area contributed by atoms with Gasteiger partial charge in [0.25, 0.3) is 0 Å². The van der Waals surface area contributed by atoms with Crippen LogP contribution in [0.2, 0.25) is 0 Å². The summed E-state index contributed by atoms with van der Waals surface area (Å²) in [6.07, 6.45) is 5.81. The molecule has 0 bridgehead atoms. The number of nitro groups is 1. The topological polar surface area (TPSA) is 349 Å². The smallest absolute Gasteiger partial charge is 0.407 e. The van der Waals surface area contributed by atoms with Gasteiger partial charge in [-0.2, -0.15) is 0 Å². The number of benzene rings is 8. The lowest BCUT2D eigenvalue weighted by Gasteiger charge is -2.15. The Balaban J connectivity index is 0.000000169. The summed E-state index contributed by atoms with van der Waals surface area (Å²) in [5, 5.41) is 28.6. The van der Waals surface area contributed by atoms with Crippen LogP contribution in [0.4, 0.5) is 59.3 Å².